The van der Waals surface area contributed by atoms with E-state index in [1.54, 1.807) is 24.2 Å². The van der Waals surface area contributed by atoms with Crippen LogP contribution >= 0.6 is 0 Å². The van der Waals surface area contributed by atoms with E-state index in [2.05, 4.69) is 12.1 Å². The Kier molecular flexibility index (Phi) is 10.2. The number of ether oxygens (including phenoxy) is 1. The standard InChI is InChI=1S/C28H36N2O5/c1-4-10-26(28(32)33-5-2)30(19-24-13-9-18-34-24)21-27(31)29(20-25-15-14-22(3)35-25)17-16-23-11-7-6-8-12-23/h6-9,11-15,18,26H,4-5,10,16-17,19-21H2,1-3H3. The first-order valence-electron chi connectivity index (χ1n) is 12.3. The molecule has 0 radical (unpaired) electrons. The van der Waals surface area contributed by atoms with Gasteiger partial charge in [-0.3, -0.25) is 14.5 Å². The van der Waals surface area contributed by atoms with Gasteiger partial charge in [0.1, 0.15) is 23.3 Å². The summed E-state index contributed by atoms with van der Waals surface area (Å²) in [5.41, 5.74) is 1.16. The molecule has 1 amide bonds. The third kappa shape index (κ3) is 8.14. The van der Waals surface area contributed by atoms with E-state index in [4.69, 9.17) is 13.6 Å². The summed E-state index contributed by atoms with van der Waals surface area (Å²) in [6.45, 7) is 7.31. The summed E-state index contributed by atoms with van der Waals surface area (Å²) in [7, 11) is 0. The second kappa shape index (κ2) is 13.5. The van der Waals surface area contributed by atoms with Crippen molar-refractivity contribution < 1.29 is 23.2 Å². The second-order valence-corrected chi connectivity index (χ2v) is 8.60. The van der Waals surface area contributed by atoms with Gasteiger partial charge in [-0.2, -0.15) is 0 Å². The van der Waals surface area contributed by atoms with Crippen LogP contribution in [0.5, 0.6) is 0 Å². The number of nitrogens with zero attached hydrogens (tertiary/aromatic N) is 2. The monoisotopic (exact) mass is 480 g/mol. The highest BCUT2D eigenvalue weighted by Gasteiger charge is 2.30. The maximum Gasteiger partial charge on any atom is 0.323 e. The summed E-state index contributed by atoms with van der Waals surface area (Å²) >= 11 is 0. The minimum atomic E-state index is -0.532. The molecule has 0 aliphatic heterocycles. The summed E-state index contributed by atoms with van der Waals surface area (Å²) in [6.07, 6.45) is 3.70. The van der Waals surface area contributed by atoms with E-state index < -0.39 is 6.04 Å². The zero-order chi connectivity index (χ0) is 25.0. The van der Waals surface area contributed by atoms with Gasteiger partial charge in [0.15, 0.2) is 0 Å². The highest BCUT2D eigenvalue weighted by Crippen LogP contribution is 2.17. The Morgan fingerprint density at radius 3 is 2.40 bits per heavy atom. The van der Waals surface area contributed by atoms with Crippen LogP contribution in [0.25, 0.3) is 0 Å². The van der Waals surface area contributed by atoms with E-state index >= 15 is 0 Å². The van der Waals surface area contributed by atoms with Crippen LogP contribution in [0.2, 0.25) is 0 Å². The molecule has 0 saturated heterocycles. The molecule has 7 nitrogen and oxygen atoms in total. The predicted octanol–water partition coefficient (Wildman–Crippen LogP) is 4.99. The van der Waals surface area contributed by atoms with Crippen molar-refractivity contribution in [2.45, 2.75) is 59.2 Å². The first kappa shape index (κ1) is 26.3. The van der Waals surface area contributed by atoms with Crippen LogP contribution in [0, 0.1) is 6.92 Å². The number of amides is 1. The largest absolute Gasteiger partial charge is 0.468 e. The molecule has 2 aromatic heterocycles. The normalized spacial score (nSPS) is 12.0. The number of carbonyl (C=O) groups is 2. The van der Waals surface area contributed by atoms with Crippen molar-refractivity contribution in [2.24, 2.45) is 0 Å². The average Bonchev–Trinajstić information content (AvgIpc) is 3.52. The molecule has 1 atom stereocenters. The van der Waals surface area contributed by atoms with Gasteiger partial charge in [-0.05, 0) is 56.5 Å². The molecule has 0 fully saturated rings. The Labute approximate surface area is 207 Å². The fourth-order valence-corrected chi connectivity index (χ4v) is 4.07. The van der Waals surface area contributed by atoms with Gasteiger partial charge in [0.25, 0.3) is 0 Å². The topological polar surface area (TPSA) is 76.1 Å². The number of benzene rings is 1. The third-order valence-corrected chi connectivity index (χ3v) is 5.85. The average molecular weight is 481 g/mol. The maximum atomic E-state index is 13.7. The van der Waals surface area contributed by atoms with Gasteiger partial charge in [-0.15, -0.1) is 0 Å². The Morgan fingerprint density at radius 1 is 0.971 bits per heavy atom. The molecule has 188 valence electrons. The number of furan rings is 2. The minimum absolute atomic E-state index is 0.0681. The van der Waals surface area contributed by atoms with Crippen LogP contribution in [0.15, 0.2) is 69.7 Å². The van der Waals surface area contributed by atoms with Crippen LogP contribution in [-0.2, 0) is 33.8 Å². The molecular formula is C28H36N2O5. The lowest BCUT2D eigenvalue weighted by atomic mass is 10.1. The van der Waals surface area contributed by atoms with Gasteiger partial charge in [0, 0.05) is 6.54 Å². The maximum absolute atomic E-state index is 13.7. The fourth-order valence-electron chi connectivity index (χ4n) is 4.07. The van der Waals surface area contributed by atoms with Crippen molar-refractivity contribution in [1.29, 1.82) is 0 Å². The SMILES string of the molecule is CCCC(C(=O)OCC)N(CC(=O)N(CCc1ccccc1)Cc1ccc(C)o1)Cc1ccco1. The zero-order valence-electron chi connectivity index (χ0n) is 20.9. The summed E-state index contributed by atoms with van der Waals surface area (Å²) in [5.74, 6) is 1.84. The van der Waals surface area contributed by atoms with E-state index in [1.807, 2.05) is 55.1 Å². The molecule has 7 heteroatoms. The van der Waals surface area contributed by atoms with Crippen molar-refractivity contribution in [2.75, 3.05) is 19.7 Å². The van der Waals surface area contributed by atoms with Crippen LogP contribution < -0.4 is 0 Å². The van der Waals surface area contributed by atoms with E-state index in [9.17, 15) is 9.59 Å². The molecule has 1 aromatic carbocycles. The minimum Gasteiger partial charge on any atom is -0.468 e. The highest BCUT2D eigenvalue weighted by molar-refractivity contribution is 5.80. The van der Waals surface area contributed by atoms with E-state index in [0.29, 0.717) is 38.4 Å². The number of aryl methyl sites for hydroxylation is 1. The molecule has 0 N–H and O–H groups in total. The Hall–Kier alpha value is -3.32. The second-order valence-electron chi connectivity index (χ2n) is 8.60. The van der Waals surface area contributed by atoms with Crippen molar-refractivity contribution in [3.63, 3.8) is 0 Å². The Balaban J connectivity index is 1.80. The number of esters is 1. The number of carbonyl (C=O) groups excluding carboxylic acids is 2. The first-order valence-corrected chi connectivity index (χ1v) is 12.3. The molecule has 35 heavy (non-hydrogen) atoms. The van der Waals surface area contributed by atoms with E-state index in [-0.39, 0.29) is 18.4 Å². The van der Waals surface area contributed by atoms with E-state index in [1.165, 1.54) is 0 Å². The van der Waals surface area contributed by atoms with Crippen molar-refractivity contribution in [1.82, 2.24) is 9.80 Å². The third-order valence-electron chi connectivity index (χ3n) is 5.85. The molecule has 3 aromatic rings. The zero-order valence-corrected chi connectivity index (χ0v) is 20.9. The summed E-state index contributed by atoms with van der Waals surface area (Å²) in [5, 5.41) is 0. The van der Waals surface area contributed by atoms with Crippen molar-refractivity contribution in [3.05, 3.63) is 83.7 Å². The molecule has 1 unspecified atom stereocenters. The van der Waals surface area contributed by atoms with Gasteiger partial charge in [0.2, 0.25) is 5.91 Å². The first-order chi connectivity index (χ1) is 17.0. The highest BCUT2D eigenvalue weighted by atomic mass is 16.5. The van der Waals surface area contributed by atoms with Gasteiger partial charge < -0.3 is 18.5 Å². The Morgan fingerprint density at radius 2 is 1.77 bits per heavy atom. The van der Waals surface area contributed by atoms with Crippen molar-refractivity contribution >= 4 is 11.9 Å². The lowest BCUT2D eigenvalue weighted by Gasteiger charge is -2.31. The molecule has 0 aliphatic rings. The lowest BCUT2D eigenvalue weighted by molar-refractivity contribution is -0.151. The van der Waals surface area contributed by atoms with Gasteiger partial charge in [-0.25, -0.2) is 0 Å². The van der Waals surface area contributed by atoms with Crippen molar-refractivity contribution in [3.8, 4) is 0 Å². The van der Waals surface area contributed by atoms with Crippen LogP contribution in [0.4, 0.5) is 0 Å². The smallest absolute Gasteiger partial charge is 0.323 e. The number of hydrogen-bond acceptors (Lipinski definition) is 6. The quantitative estimate of drug-likeness (QED) is 0.303. The summed E-state index contributed by atoms with van der Waals surface area (Å²) in [6, 6.07) is 17.0. The lowest BCUT2D eigenvalue weighted by Crippen LogP contribution is -2.48. The predicted molar refractivity (Wildman–Crippen MR) is 133 cm³/mol. The van der Waals surface area contributed by atoms with Crippen LogP contribution in [-0.4, -0.2) is 47.4 Å². The Bertz CT molecular complexity index is 1030. The summed E-state index contributed by atoms with van der Waals surface area (Å²) < 4.78 is 16.7. The number of rotatable bonds is 14. The fraction of sp³-hybridized carbons (Fsp3) is 0.429. The molecule has 2 heterocycles. The molecule has 0 aliphatic carbocycles. The number of hydrogen-bond donors (Lipinski definition) is 0. The molecule has 0 saturated carbocycles. The molecule has 0 spiro atoms. The molecular weight excluding hydrogens is 444 g/mol. The van der Waals surface area contributed by atoms with Crippen LogP contribution in [0.1, 0.15) is 49.5 Å². The molecule has 3 rings (SSSR count). The summed E-state index contributed by atoms with van der Waals surface area (Å²) in [4.78, 5) is 30.2. The van der Waals surface area contributed by atoms with E-state index in [0.717, 1.165) is 29.9 Å². The molecule has 0 bridgehead atoms. The van der Waals surface area contributed by atoms with Crippen LogP contribution in [0.3, 0.4) is 0 Å². The van der Waals surface area contributed by atoms with Gasteiger partial charge >= 0.3 is 5.97 Å². The van der Waals surface area contributed by atoms with Gasteiger partial charge in [0.05, 0.1) is 32.5 Å². The van der Waals surface area contributed by atoms with Gasteiger partial charge in [-0.1, -0.05) is 43.7 Å².